The highest BCUT2D eigenvalue weighted by Gasteiger charge is 2.43. The Hall–Kier alpha value is -7.05. The van der Waals surface area contributed by atoms with Gasteiger partial charge in [-0.1, -0.05) is 36.4 Å². The Morgan fingerprint density at radius 1 is 0.734 bits per heavy atom. The SMILES string of the molecule is COCCOCCOCCN(CC(C)(C)SC1CC(=O)N(CCC(C)=O)C1=O)c1cc(COc2cc3c(cc2C)C(=O)N2c4ccccc4C[C@H]2CC3)cc(COc2cc3c(cc2OC)C(=O)N2c4ccccc4C[C@H]2C=N3)c1. The number of thioether (sulfide) groups is 1. The van der Waals surface area contributed by atoms with E-state index in [0.29, 0.717) is 86.6 Å². The number of methoxy groups -OCH3 is 2. The van der Waals surface area contributed by atoms with Gasteiger partial charge in [0, 0.05) is 91.7 Å². The lowest BCUT2D eigenvalue weighted by molar-refractivity contribution is -0.138. The highest BCUT2D eigenvalue weighted by atomic mass is 32.2. The molecule has 5 aliphatic heterocycles. The number of imide groups is 1. The molecule has 10 rings (SSSR count). The fraction of sp³-hybridized carbons (Fsp3) is 0.419. The number of ether oxygens (including phenoxy) is 6. The molecule has 0 N–H and O–H groups in total. The van der Waals surface area contributed by atoms with Crippen LogP contribution in [-0.4, -0.2) is 129 Å². The summed E-state index contributed by atoms with van der Waals surface area (Å²) in [6.07, 6.45) is 5.10. The monoisotopic (exact) mass is 1090 g/mol. The molecule has 16 nitrogen and oxygen atoms in total. The van der Waals surface area contributed by atoms with Gasteiger partial charge in [-0.25, -0.2) is 0 Å². The normalized spacial score (nSPS) is 18.2. The minimum absolute atomic E-state index is 0.0167. The van der Waals surface area contributed by atoms with Crippen LogP contribution in [0.15, 0.2) is 96.0 Å². The number of aliphatic imine (C=N–C) groups is 1. The number of carbonyl (C=O) groups excluding carboxylic acids is 5. The van der Waals surface area contributed by atoms with E-state index in [2.05, 4.69) is 36.9 Å². The van der Waals surface area contributed by atoms with Gasteiger partial charge in [-0.15, -0.1) is 11.8 Å². The molecule has 4 amide bonds. The molecule has 1 unspecified atom stereocenters. The Kier molecular flexibility index (Phi) is 16.9. The maximum atomic E-state index is 14.3. The summed E-state index contributed by atoms with van der Waals surface area (Å²) in [5.74, 6) is 0.720. The number of Topliss-reactive ketones (excluding diaryl/α,β-unsaturated/α-hetero) is 1. The highest BCUT2D eigenvalue weighted by Crippen LogP contribution is 2.43. The van der Waals surface area contributed by atoms with Gasteiger partial charge in [0.2, 0.25) is 11.8 Å². The largest absolute Gasteiger partial charge is 0.493 e. The number of amides is 4. The molecular formula is C62H69N5O11S. The van der Waals surface area contributed by atoms with E-state index >= 15 is 0 Å². The Bertz CT molecular complexity index is 3180. The van der Waals surface area contributed by atoms with E-state index in [1.807, 2.05) is 78.7 Å². The standard InChI is InChI=1S/C62H69N5O11S/c1-39-25-49-43(15-16-46-29-44-11-7-9-13-52(44)66(46)59(49)70)31-54(39)77-36-41-26-42(37-78-56-33-51-50(32-55(56)74-6)60(71)67-48(35-63-51)30-45-12-8-10-14-53(45)67)28-47(27-41)64(19-20-75-23-24-76-22-21-73-5)38-62(3,4)79-57-34-58(69)65(61(57)72)18-17-40(2)68/h7-14,25-28,31-33,35,46,48,57H,15-24,29-30,34,36-38H2,1-6H3/t46-,48+,57?/m1/s1. The van der Waals surface area contributed by atoms with Crippen molar-refractivity contribution < 1.29 is 52.4 Å². The molecule has 5 aliphatic rings. The van der Waals surface area contributed by atoms with Gasteiger partial charge >= 0.3 is 0 Å². The number of aryl methyl sites for hydroxylation is 2. The molecule has 3 atom stereocenters. The number of hydrogen-bond donors (Lipinski definition) is 0. The molecule has 414 valence electrons. The summed E-state index contributed by atoms with van der Waals surface area (Å²) in [6, 6.07) is 29.7. The fourth-order valence-electron chi connectivity index (χ4n) is 11.4. The van der Waals surface area contributed by atoms with Gasteiger partial charge in [0.05, 0.1) is 62.7 Å². The number of benzene rings is 5. The number of hydrogen-bond acceptors (Lipinski definition) is 14. The van der Waals surface area contributed by atoms with E-state index in [4.69, 9.17) is 33.4 Å². The first-order valence-corrected chi connectivity index (χ1v) is 28.1. The quantitative estimate of drug-likeness (QED) is 0.0425. The number of carbonyl (C=O) groups is 5. The van der Waals surface area contributed by atoms with Crippen molar-refractivity contribution in [3.05, 3.63) is 136 Å². The molecule has 1 fully saturated rings. The average Bonchev–Trinajstić information content (AvgIpc) is 4.25. The molecule has 0 radical (unpaired) electrons. The van der Waals surface area contributed by atoms with Crippen LogP contribution in [-0.2, 0) is 61.1 Å². The predicted octanol–water partition coefficient (Wildman–Crippen LogP) is 9.07. The Balaban J connectivity index is 0.943. The Labute approximate surface area is 466 Å². The van der Waals surface area contributed by atoms with Crippen LogP contribution in [0.4, 0.5) is 22.7 Å². The molecule has 0 aliphatic carbocycles. The lowest BCUT2D eigenvalue weighted by atomic mass is 9.98. The zero-order chi connectivity index (χ0) is 55.4. The summed E-state index contributed by atoms with van der Waals surface area (Å²) < 4.78 is 35.7. The smallest absolute Gasteiger partial charge is 0.261 e. The molecule has 0 spiro atoms. The number of likely N-dealkylation sites (tertiary alicyclic amines) is 1. The van der Waals surface area contributed by atoms with Gasteiger partial charge in [-0.2, -0.15) is 0 Å². The molecule has 79 heavy (non-hydrogen) atoms. The van der Waals surface area contributed by atoms with Crippen molar-refractivity contribution in [1.29, 1.82) is 0 Å². The topological polar surface area (TPSA) is 166 Å². The first kappa shape index (κ1) is 55.3. The minimum Gasteiger partial charge on any atom is -0.493 e. The lowest BCUT2D eigenvalue weighted by Crippen LogP contribution is -2.41. The predicted molar refractivity (Wildman–Crippen MR) is 305 cm³/mol. The maximum absolute atomic E-state index is 14.3. The van der Waals surface area contributed by atoms with E-state index in [0.717, 1.165) is 64.1 Å². The molecule has 17 heteroatoms. The first-order valence-electron chi connectivity index (χ1n) is 27.2. The van der Waals surface area contributed by atoms with Crippen molar-refractivity contribution in [3.63, 3.8) is 0 Å². The number of rotatable bonds is 24. The second-order valence-electron chi connectivity index (χ2n) is 21.5. The van der Waals surface area contributed by atoms with Crippen LogP contribution >= 0.6 is 11.8 Å². The molecule has 5 heterocycles. The summed E-state index contributed by atoms with van der Waals surface area (Å²) in [5.41, 5.74) is 10.1. The van der Waals surface area contributed by atoms with E-state index in [-0.39, 0.29) is 74.1 Å². The van der Waals surface area contributed by atoms with E-state index < -0.39 is 10.00 Å². The molecule has 5 aromatic carbocycles. The summed E-state index contributed by atoms with van der Waals surface area (Å²) in [4.78, 5) is 79.2. The van der Waals surface area contributed by atoms with E-state index in [9.17, 15) is 24.0 Å². The van der Waals surface area contributed by atoms with Crippen molar-refractivity contribution >= 4 is 70.1 Å². The van der Waals surface area contributed by atoms with Crippen LogP contribution in [0.5, 0.6) is 17.2 Å². The summed E-state index contributed by atoms with van der Waals surface area (Å²) in [6.45, 7) is 10.9. The van der Waals surface area contributed by atoms with E-state index in [1.165, 1.54) is 29.1 Å². The van der Waals surface area contributed by atoms with Gasteiger partial charge < -0.3 is 38.2 Å². The third kappa shape index (κ3) is 12.2. The Morgan fingerprint density at radius 2 is 1.41 bits per heavy atom. The Morgan fingerprint density at radius 3 is 2.13 bits per heavy atom. The lowest BCUT2D eigenvalue weighted by Gasteiger charge is -2.35. The second kappa shape index (κ2) is 24.1. The number of anilines is 3. The number of nitrogens with zero attached hydrogens (tertiary/aromatic N) is 5. The summed E-state index contributed by atoms with van der Waals surface area (Å²) in [5, 5.41) is -0.601. The van der Waals surface area contributed by atoms with Crippen LogP contribution in [0.3, 0.4) is 0 Å². The zero-order valence-electron chi connectivity index (χ0n) is 45.9. The molecule has 0 saturated carbocycles. The van der Waals surface area contributed by atoms with Crippen LogP contribution in [0.25, 0.3) is 0 Å². The van der Waals surface area contributed by atoms with Crippen molar-refractivity contribution in [2.75, 3.05) is 81.6 Å². The molecular weight excluding hydrogens is 1020 g/mol. The maximum Gasteiger partial charge on any atom is 0.261 e. The number of para-hydroxylation sites is 2. The number of fused-ring (bicyclic) bond motifs is 8. The van der Waals surface area contributed by atoms with Gasteiger partial charge in [0.15, 0.2) is 11.5 Å². The van der Waals surface area contributed by atoms with Gasteiger partial charge in [-0.05, 0) is 129 Å². The van der Waals surface area contributed by atoms with Gasteiger partial charge in [0.25, 0.3) is 11.8 Å². The first-order chi connectivity index (χ1) is 38.2. The van der Waals surface area contributed by atoms with Crippen molar-refractivity contribution in [2.45, 2.75) is 102 Å². The van der Waals surface area contributed by atoms with Gasteiger partial charge in [0.1, 0.15) is 24.7 Å². The summed E-state index contributed by atoms with van der Waals surface area (Å²) in [7, 11) is 3.18. The molecule has 5 aromatic rings. The van der Waals surface area contributed by atoms with Crippen LogP contribution < -0.4 is 28.9 Å². The highest BCUT2D eigenvalue weighted by molar-refractivity contribution is 8.02. The second-order valence-corrected chi connectivity index (χ2v) is 23.4. The van der Waals surface area contributed by atoms with Crippen molar-refractivity contribution in [2.24, 2.45) is 4.99 Å². The minimum atomic E-state index is -0.601. The third-order valence-corrected chi connectivity index (χ3v) is 16.6. The molecule has 0 aromatic heterocycles. The summed E-state index contributed by atoms with van der Waals surface area (Å²) >= 11 is 1.46. The molecule has 0 bridgehead atoms. The van der Waals surface area contributed by atoms with Crippen molar-refractivity contribution in [3.8, 4) is 17.2 Å². The number of ketones is 1. The molecule has 1 saturated heterocycles. The van der Waals surface area contributed by atoms with E-state index in [1.54, 1.807) is 31.3 Å². The fourth-order valence-corrected chi connectivity index (χ4v) is 12.8. The average molecular weight is 1090 g/mol. The van der Waals surface area contributed by atoms with Gasteiger partial charge in [-0.3, -0.25) is 38.8 Å². The van der Waals surface area contributed by atoms with Crippen LogP contribution in [0.1, 0.15) is 94.1 Å². The van der Waals surface area contributed by atoms with Crippen LogP contribution in [0, 0.1) is 6.92 Å². The van der Waals surface area contributed by atoms with Crippen LogP contribution in [0.2, 0.25) is 0 Å². The zero-order valence-corrected chi connectivity index (χ0v) is 46.7. The third-order valence-electron chi connectivity index (χ3n) is 15.2. The van der Waals surface area contributed by atoms with Crippen molar-refractivity contribution in [1.82, 2.24) is 4.90 Å².